The third-order valence-electron chi connectivity index (χ3n) is 4.36. The van der Waals surface area contributed by atoms with Crippen molar-refractivity contribution in [2.75, 3.05) is 0 Å². The number of nitrogens with one attached hydrogen (secondary N) is 1. The summed E-state index contributed by atoms with van der Waals surface area (Å²) in [6, 6.07) is 9.77. The van der Waals surface area contributed by atoms with E-state index in [9.17, 15) is 0 Å². The van der Waals surface area contributed by atoms with Crippen LogP contribution in [0.5, 0.6) is 0 Å². The Bertz CT molecular complexity index is 363. The first-order valence-electron chi connectivity index (χ1n) is 7.09. The molecule has 0 aromatic heterocycles. The fourth-order valence-corrected chi connectivity index (χ4v) is 3.41. The number of rotatable bonds is 3. The zero-order valence-corrected chi connectivity index (χ0v) is 13.2. The maximum atomic E-state index is 3.84. The van der Waals surface area contributed by atoms with Crippen LogP contribution in [0.3, 0.4) is 0 Å². The average Bonchev–Trinajstić information content (AvgIpc) is 2.34. The molecular weight excluding hydrogens is 286 g/mol. The van der Waals surface area contributed by atoms with Gasteiger partial charge in [-0.05, 0) is 49.3 Å². The van der Waals surface area contributed by atoms with Crippen molar-refractivity contribution in [1.29, 1.82) is 0 Å². The first kappa shape index (κ1) is 14.1. The van der Waals surface area contributed by atoms with Gasteiger partial charge in [0, 0.05) is 16.6 Å². The van der Waals surface area contributed by atoms with Gasteiger partial charge in [-0.2, -0.15) is 0 Å². The lowest BCUT2D eigenvalue weighted by Gasteiger charge is -2.37. The van der Waals surface area contributed by atoms with Crippen LogP contribution >= 0.6 is 15.9 Å². The molecule has 1 aromatic carbocycles. The Hall–Kier alpha value is -0.340. The normalized spacial score (nSPS) is 30.1. The molecule has 1 aliphatic rings. The van der Waals surface area contributed by atoms with Crippen molar-refractivity contribution in [2.45, 2.75) is 52.1 Å². The van der Waals surface area contributed by atoms with Gasteiger partial charge in [0.1, 0.15) is 0 Å². The van der Waals surface area contributed by atoms with Crippen molar-refractivity contribution < 1.29 is 0 Å². The van der Waals surface area contributed by atoms with E-state index < -0.39 is 0 Å². The van der Waals surface area contributed by atoms with Crippen LogP contribution in [0.4, 0.5) is 0 Å². The van der Waals surface area contributed by atoms with Gasteiger partial charge in [0.15, 0.2) is 0 Å². The minimum Gasteiger partial charge on any atom is -0.307 e. The van der Waals surface area contributed by atoms with Gasteiger partial charge in [-0.3, -0.25) is 0 Å². The molecule has 0 radical (unpaired) electrons. The van der Waals surface area contributed by atoms with E-state index in [1.807, 2.05) is 0 Å². The highest BCUT2D eigenvalue weighted by Gasteiger charge is 2.28. The van der Waals surface area contributed by atoms with Crippen molar-refractivity contribution in [3.63, 3.8) is 0 Å². The van der Waals surface area contributed by atoms with Crippen molar-refractivity contribution >= 4 is 15.9 Å². The van der Waals surface area contributed by atoms with Crippen LogP contribution in [0.25, 0.3) is 0 Å². The first-order chi connectivity index (χ1) is 8.58. The monoisotopic (exact) mass is 309 g/mol. The smallest absolute Gasteiger partial charge is 0.0294 e. The van der Waals surface area contributed by atoms with Crippen molar-refractivity contribution in [3.05, 3.63) is 34.3 Å². The molecule has 1 nitrogen and oxygen atoms in total. The largest absolute Gasteiger partial charge is 0.307 e. The Morgan fingerprint density at radius 3 is 2.22 bits per heavy atom. The molecule has 1 N–H and O–H groups in total. The summed E-state index contributed by atoms with van der Waals surface area (Å²) in [6.07, 6.45) is 4.14. The molecule has 1 fully saturated rings. The Labute approximate surface area is 119 Å². The van der Waals surface area contributed by atoms with E-state index in [1.54, 1.807) is 0 Å². The van der Waals surface area contributed by atoms with E-state index in [2.05, 4.69) is 66.3 Å². The second-order valence-corrected chi connectivity index (χ2v) is 6.77. The predicted molar refractivity (Wildman–Crippen MR) is 81.7 cm³/mol. The maximum Gasteiger partial charge on any atom is 0.0294 e. The Kier molecular flexibility index (Phi) is 4.85. The van der Waals surface area contributed by atoms with Gasteiger partial charge >= 0.3 is 0 Å². The summed E-state index contributed by atoms with van der Waals surface area (Å²) in [5, 5.41) is 3.84. The molecule has 1 aromatic rings. The van der Waals surface area contributed by atoms with Crippen LogP contribution in [0.2, 0.25) is 0 Å². The summed E-state index contributed by atoms with van der Waals surface area (Å²) in [5.74, 6) is 1.60. The molecule has 0 saturated heterocycles. The molecule has 0 aliphatic heterocycles. The topological polar surface area (TPSA) is 12.0 Å². The number of benzene rings is 1. The fraction of sp³-hybridized carbons (Fsp3) is 0.625. The zero-order chi connectivity index (χ0) is 13.1. The fourth-order valence-electron chi connectivity index (χ4n) is 3.15. The molecule has 0 heterocycles. The van der Waals surface area contributed by atoms with E-state index in [0.29, 0.717) is 12.1 Å². The molecule has 0 spiro atoms. The number of halogens is 1. The van der Waals surface area contributed by atoms with Crippen molar-refractivity contribution in [2.24, 2.45) is 11.8 Å². The van der Waals surface area contributed by atoms with Crippen LogP contribution in [0.1, 0.15) is 51.6 Å². The molecule has 3 atom stereocenters. The molecule has 2 heteroatoms. The van der Waals surface area contributed by atoms with Crippen LogP contribution in [-0.2, 0) is 0 Å². The standard InChI is InChI=1S/C16H24BrN/c1-11-5-4-6-12(2)16(11)18-13(3)14-7-9-15(17)10-8-14/h7-13,16,18H,4-6H2,1-3H3/t11?,12?,13-,16?/m0/s1. The van der Waals surface area contributed by atoms with Crippen LogP contribution in [-0.4, -0.2) is 6.04 Å². The second-order valence-electron chi connectivity index (χ2n) is 5.85. The average molecular weight is 310 g/mol. The molecule has 100 valence electrons. The summed E-state index contributed by atoms with van der Waals surface area (Å²) in [4.78, 5) is 0. The predicted octanol–water partition coefficient (Wildman–Crippen LogP) is 4.92. The summed E-state index contributed by atoms with van der Waals surface area (Å²) in [7, 11) is 0. The van der Waals surface area contributed by atoms with Gasteiger partial charge in [-0.15, -0.1) is 0 Å². The van der Waals surface area contributed by atoms with Gasteiger partial charge in [-0.25, -0.2) is 0 Å². The Balaban J connectivity index is 2.01. The molecule has 1 aliphatic carbocycles. The van der Waals surface area contributed by atoms with E-state index in [0.717, 1.165) is 16.3 Å². The van der Waals surface area contributed by atoms with Crippen molar-refractivity contribution in [3.8, 4) is 0 Å². The molecule has 18 heavy (non-hydrogen) atoms. The van der Waals surface area contributed by atoms with E-state index in [1.165, 1.54) is 24.8 Å². The van der Waals surface area contributed by atoms with Gasteiger partial charge in [-0.1, -0.05) is 48.3 Å². The molecular formula is C16H24BrN. The second kappa shape index (κ2) is 6.21. The van der Waals surface area contributed by atoms with Crippen LogP contribution < -0.4 is 5.32 Å². The number of hydrogen-bond acceptors (Lipinski definition) is 1. The summed E-state index contributed by atoms with van der Waals surface area (Å²) >= 11 is 3.49. The van der Waals surface area contributed by atoms with E-state index >= 15 is 0 Å². The molecule has 2 unspecified atom stereocenters. The van der Waals surface area contributed by atoms with Crippen molar-refractivity contribution in [1.82, 2.24) is 5.32 Å². The molecule has 0 bridgehead atoms. The highest BCUT2D eigenvalue weighted by Crippen LogP contribution is 2.30. The third kappa shape index (κ3) is 3.36. The Morgan fingerprint density at radius 2 is 1.67 bits per heavy atom. The van der Waals surface area contributed by atoms with Crippen LogP contribution in [0, 0.1) is 11.8 Å². The Morgan fingerprint density at radius 1 is 1.11 bits per heavy atom. The lowest BCUT2D eigenvalue weighted by Crippen LogP contribution is -2.43. The minimum atomic E-state index is 0.436. The lowest BCUT2D eigenvalue weighted by atomic mass is 9.78. The van der Waals surface area contributed by atoms with Gasteiger partial charge in [0.25, 0.3) is 0 Å². The maximum absolute atomic E-state index is 3.84. The highest BCUT2D eigenvalue weighted by molar-refractivity contribution is 9.10. The quantitative estimate of drug-likeness (QED) is 0.835. The lowest BCUT2D eigenvalue weighted by molar-refractivity contribution is 0.196. The molecule has 0 amide bonds. The molecule has 2 rings (SSSR count). The zero-order valence-electron chi connectivity index (χ0n) is 11.6. The summed E-state index contributed by atoms with van der Waals surface area (Å²) < 4.78 is 1.15. The first-order valence-corrected chi connectivity index (χ1v) is 7.88. The third-order valence-corrected chi connectivity index (χ3v) is 4.89. The number of hydrogen-bond donors (Lipinski definition) is 1. The summed E-state index contributed by atoms with van der Waals surface area (Å²) in [5.41, 5.74) is 1.38. The minimum absolute atomic E-state index is 0.436. The highest BCUT2D eigenvalue weighted by atomic mass is 79.9. The molecule has 1 saturated carbocycles. The van der Waals surface area contributed by atoms with Gasteiger partial charge in [0.2, 0.25) is 0 Å². The SMILES string of the molecule is CC1CCCC(C)C1N[C@@H](C)c1ccc(Br)cc1. The van der Waals surface area contributed by atoms with E-state index in [4.69, 9.17) is 0 Å². The summed E-state index contributed by atoms with van der Waals surface area (Å²) in [6.45, 7) is 7.06. The van der Waals surface area contributed by atoms with Crippen LogP contribution in [0.15, 0.2) is 28.7 Å². The van der Waals surface area contributed by atoms with E-state index in [-0.39, 0.29) is 0 Å². The van der Waals surface area contributed by atoms with Gasteiger partial charge < -0.3 is 5.32 Å². The van der Waals surface area contributed by atoms with Gasteiger partial charge in [0.05, 0.1) is 0 Å².